The van der Waals surface area contributed by atoms with Crippen molar-refractivity contribution in [2.75, 3.05) is 13.1 Å². The van der Waals surface area contributed by atoms with Crippen molar-refractivity contribution >= 4 is 5.82 Å². The van der Waals surface area contributed by atoms with Gasteiger partial charge in [0, 0.05) is 6.54 Å². The normalized spacial score (nSPS) is 10.4. The van der Waals surface area contributed by atoms with Gasteiger partial charge in [-0.3, -0.25) is 0 Å². The van der Waals surface area contributed by atoms with Gasteiger partial charge in [0.2, 0.25) is 0 Å². The Morgan fingerprint density at radius 1 is 1.71 bits per heavy atom. The number of nitro groups is 1. The molecule has 0 bridgehead atoms. The third-order valence-corrected chi connectivity index (χ3v) is 1.86. The van der Waals surface area contributed by atoms with Crippen LogP contribution in [-0.2, 0) is 6.54 Å². The lowest BCUT2D eigenvalue weighted by Gasteiger charge is -1.97. The highest BCUT2D eigenvalue weighted by Gasteiger charge is 2.16. The maximum Gasteiger partial charge on any atom is 0.392 e. The maximum absolute atomic E-state index is 10.5. The Morgan fingerprint density at radius 2 is 2.43 bits per heavy atom. The number of nitrogens with zero attached hydrogens (tertiary/aromatic N) is 3. The molecule has 14 heavy (non-hydrogen) atoms. The summed E-state index contributed by atoms with van der Waals surface area (Å²) in [5.74, 6) is -0.0542. The molecule has 1 heterocycles. The van der Waals surface area contributed by atoms with Crippen LogP contribution in [0, 0.1) is 17.0 Å². The Labute approximate surface area is 82.1 Å². The van der Waals surface area contributed by atoms with Gasteiger partial charge in [-0.25, -0.2) is 0 Å². The van der Waals surface area contributed by atoms with Gasteiger partial charge >= 0.3 is 5.82 Å². The van der Waals surface area contributed by atoms with Crippen molar-refractivity contribution in [3.63, 3.8) is 0 Å². The van der Waals surface area contributed by atoms with Crippen LogP contribution in [0.15, 0.2) is 6.20 Å². The second-order valence-corrected chi connectivity index (χ2v) is 3.01. The number of hydrogen-bond donors (Lipinski definition) is 1. The third-order valence-electron chi connectivity index (χ3n) is 1.86. The largest absolute Gasteiger partial charge is 0.392 e. The molecule has 0 aliphatic carbocycles. The molecule has 1 N–H and O–H groups in total. The van der Waals surface area contributed by atoms with E-state index in [0.717, 1.165) is 13.1 Å². The van der Waals surface area contributed by atoms with Gasteiger partial charge in [0.1, 0.15) is 0 Å². The van der Waals surface area contributed by atoms with Crippen LogP contribution in [0.1, 0.15) is 12.5 Å². The smallest absolute Gasteiger partial charge is 0.358 e. The first-order valence-corrected chi connectivity index (χ1v) is 4.54. The SMILES string of the molecule is CCNCCn1cc(C)c([N+](=O)[O-])n1. The fourth-order valence-electron chi connectivity index (χ4n) is 1.18. The van der Waals surface area contributed by atoms with Gasteiger partial charge in [0.15, 0.2) is 0 Å². The van der Waals surface area contributed by atoms with E-state index in [2.05, 4.69) is 10.4 Å². The molecule has 0 atom stereocenters. The van der Waals surface area contributed by atoms with Gasteiger partial charge in [-0.15, -0.1) is 0 Å². The molecule has 0 aliphatic heterocycles. The van der Waals surface area contributed by atoms with Gasteiger partial charge < -0.3 is 15.4 Å². The summed E-state index contributed by atoms with van der Waals surface area (Å²) in [6.07, 6.45) is 1.69. The molecule has 0 saturated heterocycles. The van der Waals surface area contributed by atoms with Crippen LogP contribution < -0.4 is 5.32 Å². The summed E-state index contributed by atoms with van der Waals surface area (Å²) < 4.78 is 1.59. The molecule has 0 fully saturated rings. The molecular weight excluding hydrogens is 184 g/mol. The number of hydrogen-bond acceptors (Lipinski definition) is 4. The topological polar surface area (TPSA) is 73.0 Å². The second kappa shape index (κ2) is 4.71. The van der Waals surface area contributed by atoms with Crippen LogP contribution in [0.3, 0.4) is 0 Å². The zero-order chi connectivity index (χ0) is 10.6. The number of likely N-dealkylation sites (N-methyl/N-ethyl adjacent to an activating group) is 1. The molecule has 1 aromatic heterocycles. The monoisotopic (exact) mass is 198 g/mol. The highest BCUT2D eigenvalue weighted by molar-refractivity contribution is 5.27. The van der Waals surface area contributed by atoms with E-state index >= 15 is 0 Å². The minimum absolute atomic E-state index is 0.0542. The summed E-state index contributed by atoms with van der Waals surface area (Å²) in [4.78, 5) is 10.0. The van der Waals surface area contributed by atoms with Crippen molar-refractivity contribution in [1.29, 1.82) is 0 Å². The van der Waals surface area contributed by atoms with Gasteiger partial charge in [-0.2, -0.15) is 4.68 Å². The summed E-state index contributed by atoms with van der Waals surface area (Å²) in [5, 5.41) is 17.5. The maximum atomic E-state index is 10.5. The summed E-state index contributed by atoms with van der Waals surface area (Å²) in [6, 6.07) is 0. The fourth-order valence-corrected chi connectivity index (χ4v) is 1.18. The first kappa shape index (κ1) is 10.6. The van der Waals surface area contributed by atoms with Crippen LogP contribution in [-0.4, -0.2) is 27.8 Å². The van der Waals surface area contributed by atoms with E-state index < -0.39 is 4.92 Å². The lowest BCUT2D eigenvalue weighted by molar-refractivity contribution is -0.390. The number of aromatic nitrogens is 2. The molecule has 0 radical (unpaired) electrons. The van der Waals surface area contributed by atoms with Crippen molar-refractivity contribution in [1.82, 2.24) is 15.1 Å². The van der Waals surface area contributed by atoms with E-state index in [-0.39, 0.29) is 5.82 Å². The quantitative estimate of drug-likeness (QED) is 0.429. The van der Waals surface area contributed by atoms with Gasteiger partial charge in [0.25, 0.3) is 0 Å². The predicted molar refractivity (Wildman–Crippen MR) is 52.2 cm³/mol. The average Bonchev–Trinajstić information content (AvgIpc) is 2.47. The molecule has 0 aliphatic rings. The van der Waals surface area contributed by atoms with Crippen LogP contribution >= 0.6 is 0 Å². The lowest BCUT2D eigenvalue weighted by atomic mass is 10.4. The standard InChI is InChI=1S/C8H14N4O2/c1-3-9-4-5-11-6-7(2)8(10-11)12(13)14/h6,9H,3-5H2,1-2H3. The van der Waals surface area contributed by atoms with E-state index in [1.54, 1.807) is 17.8 Å². The van der Waals surface area contributed by atoms with Crippen LogP contribution in [0.4, 0.5) is 5.82 Å². The minimum Gasteiger partial charge on any atom is -0.358 e. The molecule has 6 nitrogen and oxygen atoms in total. The Bertz CT molecular complexity index is 321. The van der Waals surface area contributed by atoms with E-state index in [1.165, 1.54) is 0 Å². The van der Waals surface area contributed by atoms with Crippen molar-refractivity contribution in [2.24, 2.45) is 0 Å². The van der Waals surface area contributed by atoms with Crippen LogP contribution in [0.5, 0.6) is 0 Å². The molecule has 0 aromatic carbocycles. The lowest BCUT2D eigenvalue weighted by Crippen LogP contribution is -2.19. The number of aryl methyl sites for hydroxylation is 1. The predicted octanol–water partition coefficient (Wildman–Crippen LogP) is 0.709. The minimum atomic E-state index is -0.459. The summed E-state index contributed by atoms with van der Waals surface area (Å²) in [7, 11) is 0. The highest BCUT2D eigenvalue weighted by atomic mass is 16.6. The first-order valence-electron chi connectivity index (χ1n) is 4.54. The average molecular weight is 198 g/mol. The summed E-state index contributed by atoms with van der Waals surface area (Å²) >= 11 is 0. The molecule has 1 rings (SSSR count). The molecule has 1 aromatic rings. The Balaban J connectivity index is 2.62. The molecule has 78 valence electrons. The van der Waals surface area contributed by atoms with Crippen molar-refractivity contribution in [3.05, 3.63) is 21.9 Å². The van der Waals surface area contributed by atoms with Crippen LogP contribution in [0.2, 0.25) is 0 Å². The van der Waals surface area contributed by atoms with E-state index in [0.29, 0.717) is 12.1 Å². The zero-order valence-electron chi connectivity index (χ0n) is 8.36. The third kappa shape index (κ3) is 2.53. The Morgan fingerprint density at radius 3 is 2.93 bits per heavy atom. The van der Waals surface area contributed by atoms with Crippen molar-refractivity contribution in [3.8, 4) is 0 Å². The molecule has 0 amide bonds. The summed E-state index contributed by atoms with van der Waals surface area (Å²) in [5.41, 5.74) is 0.603. The summed E-state index contributed by atoms with van der Waals surface area (Å²) in [6.45, 7) is 6.02. The molecule has 0 spiro atoms. The van der Waals surface area contributed by atoms with Gasteiger partial charge in [0.05, 0.1) is 23.4 Å². The number of rotatable bonds is 5. The Kier molecular flexibility index (Phi) is 3.58. The van der Waals surface area contributed by atoms with Gasteiger partial charge in [-0.1, -0.05) is 6.92 Å². The molecule has 0 unspecified atom stereocenters. The second-order valence-electron chi connectivity index (χ2n) is 3.01. The van der Waals surface area contributed by atoms with Gasteiger partial charge in [-0.05, 0) is 18.4 Å². The van der Waals surface area contributed by atoms with E-state index in [9.17, 15) is 10.1 Å². The fraction of sp³-hybridized carbons (Fsp3) is 0.625. The van der Waals surface area contributed by atoms with Crippen LogP contribution in [0.25, 0.3) is 0 Å². The van der Waals surface area contributed by atoms with Crippen molar-refractivity contribution in [2.45, 2.75) is 20.4 Å². The first-order chi connectivity index (χ1) is 6.65. The Hall–Kier alpha value is -1.43. The zero-order valence-corrected chi connectivity index (χ0v) is 8.36. The van der Waals surface area contributed by atoms with E-state index in [4.69, 9.17) is 0 Å². The molecular formula is C8H14N4O2. The molecule has 0 saturated carbocycles. The highest BCUT2D eigenvalue weighted by Crippen LogP contribution is 2.13. The number of nitrogens with one attached hydrogen (secondary N) is 1. The molecule has 6 heteroatoms. The van der Waals surface area contributed by atoms with E-state index in [1.807, 2.05) is 6.92 Å². The van der Waals surface area contributed by atoms with Crippen molar-refractivity contribution < 1.29 is 4.92 Å².